The Bertz CT molecular complexity index is 405. The third-order valence-corrected chi connectivity index (χ3v) is 2.77. The molecule has 84 valence electrons. The molecule has 0 unspecified atom stereocenters. The average molecular weight is 217 g/mol. The first-order chi connectivity index (χ1) is 7.85. The molecule has 0 bridgehead atoms. The molecule has 16 heavy (non-hydrogen) atoms. The SMILES string of the molecule is COc1cc(C#N)ccc1N1CCNCC1. The van der Waals surface area contributed by atoms with E-state index in [4.69, 9.17) is 10.00 Å². The maximum absolute atomic E-state index is 8.83. The van der Waals surface area contributed by atoms with Gasteiger partial charge in [-0.2, -0.15) is 5.26 Å². The highest BCUT2D eigenvalue weighted by Crippen LogP contribution is 2.29. The number of nitrogens with one attached hydrogen (secondary N) is 1. The Hall–Kier alpha value is -1.73. The van der Waals surface area contributed by atoms with E-state index >= 15 is 0 Å². The first-order valence-electron chi connectivity index (χ1n) is 5.39. The molecule has 1 fully saturated rings. The molecule has 1 aliphatic rings. The van der Waals surface area contributed by atoms with Gasteiger partial charge in [-0.25, -0.2) is 0 Å². The molecule has 4 heteroatoms. The lowest BCUT2D eigenvalue weighted by molar-refractivity contribution is 0.413. The summed E-state index contributed by atoms with van der Waals surface area (Å²) in [4.78, 5) is 2.27. The second kappa shape index (κ2) is 4.86. The highest BCUT2D eigenvalue weighted by atomic mass is 16.5. The van der Waals surface area contributed by atoms with Crippen LogP contribution in [-0.4, -0.2) is 33.3 Å². The summed E-state index contributed by atoms with van der Waals surface area (Å²) in [6.45, 7) is 3.93. The van der Waals surface area contributed by atoms with Crippen LogP contribution >= 0.6 is 0 Å². The lowest BCUT2D eigenvalue weighted by Gasteiger charge is -2.30. The van der Waals surface area contributed by atoms with Crippen LogP contribution in [0.2, 0.25) is 0 Å². The predicted molar refractivity (Wildman–Crippen MR) is 62.8 cm³/mol. The number of ether oxygens (including phenoxy) is 1. The molecular weight excluding hydrogens is 202 g/mol. The Kier molecular flexibility index (Phi) is 3.28. The van der Waals surface area contributed by atoms with E-state index in [-0.39, 0.29) is 0 Å². The Morgan fingerprint density at radius 2 is 2.12 bits per heavy atom. The molecule has 0 atom stereocenters. The van der Waals surface area contributed by atoms with Gasteiger partial charge in [0.25, 0.3) is 0 Å². The van der Waals surface area contributed by atoms with E-state index in [0.29, 0.717) is 5.56 Å². The van der Waals surface area contributed by atoms with Crippen molar-refractivity contribution in [3.63, 3.8) is 0 Å². The molecule has 1 aliphatic heterocycles. The van der Waals surface area contributed by atoms with Crippen molar-refractivity contribution in [2.75, 3.05) is 38.2 Å². The summed E-state index contributed by atoms with van der Waals surface area (Å²) in [5.74, 6) is 0.779. The van der Waals surface area contributed by atoms with Crippen molar-refractivity contribution < 1.29 is 4.74 Å². The zero-order valence-electron chi connectivity index (χ0n) is 9.36. The number of anilines is 1. The Balaban J connectivity index is 2.29. The van der Waals surface area contributed by atoms with E-state index < -0.39 is 0 Å². The molecule has 1 aromatic carbocycles. The molecule has 0 amide bonds. The number of benzene rings is 1. The van der Waals surface area contributed by atoms with E-state index in [9.17, 15) is 0 Å². The van der Waals surface area contributed by atoms with Crippen molar-refractivity contribution >= 4 is 5.69 Å². The summed E-state index contributed by atoms with van der Waals surface area (Å²) in [6, 6.07) is 7.70. The van der Waals surface area contributed by atoms with Crippen LogP contribution in [0.15, 0.2) is 18.2 Å². The molecule has 1 N–H and O–H groups in total. The molecule has 0 aliphatic carbocycles. The normalized spacial score (nSPS) is 15.6. The van der Waals surface area contributed by atoms with Crippen molar-refractivity contribution in [2.45, 2.75) is 0 Å². The minimum Gasteiger partial charge on any atom is -0.495 e. The van der Waals surface area contributed by atoms with Crippen LogP contribution in [-0.2, 0) is 0 Å². The topological polar surface area (TPSA) is 48.3 Å². The largest absolute Gasteiger partial charge is 0.495 e. The van der Waals surface area contributed by atoms with Crippen molar-refractivity contribution in [3.8, 4) is 11.8 Å². The molecule has 1 saturated heterocycles. The summed E-state index contributed by atoms with van der Waals surface area (Å²) >= 11 is 0. The maximum atomic E-state index is 8.83. The molecular formula is C12H15N3O. The van der Waals surface area contributed by atoms with Gasteiger partial charge in [-0.1, -0.05) is 0 Å². The van der Waals surface area contributed by atoms with Crippen LogP contribution in [0, 0.1) is 11.3 Å². The van der Waals surface area contributed by atoms with Crippen LogP contribution in [0.25, 0.3) is 0 Å². The van der Waals surface area contributed by atoms with E-state index in [1.807, 2.05) is 12.1 Å². The lowest BCUT2D eigenvalue weighted by atomic mass is 10.1. The van der Waals surface area contributed by atoms with Gasteiger partial charge in [0.05, 0.1) is 24.4 Å². The monoisotopic (exact) mass is 217 g/mol. The predicted octanol–water partition coefficient (Wildman–Crippen LogP) is 0.976. The van der Waals surface area contributed by atoms with Crippen molar-refractivity contribution in [1.29, 1.82) is 5.26 Å². The number of methoxy groups -OCH3 is 1. The van der Waals surface area contributed by atoms with Crippen LogP contribution in [0.4, 0.5) is 5.69 Å². The summed E-state index contributed by atoms with van der Waals surface area (Å²) in [6.07, 6.45) is 0. The molecule has 1 aromatic rings. The van der Waals surface area contributed by atoms with Crippen LogP contribution in [0.5, 0.6) is 5.75 Å². The fourth-order valence-electron chi connectivity index (χ4n) is 1.91. The van der Waals surface area contributed by atoms with Gasteiger partial charge in [-0.15, -0.1) is 0 Å². The minimum absolute atomic E-state index is 0.635. The number of rotatable bonds is 2. The molecule has 0 aromatic heterocycles. The standard InChI is InChI=1S/C12H15N3O/c1-16-12-8-10(9-13)2-3-11(12)15-6-4-14-5-7-15/h2-3,8,14H,4-7H2,1H3. The highest BCUT2D eigenvalue weighted by Gasteiger charge is 2.14. The first kappa shape index (κ1) is 10.8. The van der Waals surface area contributed by atoms with E-state index in [1.54, 1.807) is 13.2 Å². The molecule has 0 radical (unpaired) electrons. The second-order valence-corrected chi connectivity index (χ2v) is 3.74. The van der Waals surface area contributed by atoms with Gasteiger partial charge < -0.3 is 15.0 Å². The molecule has 0 saturated carbocycles. The van der Waals surface area contributed by atoms with Crippen molar-refractivity contribution in [2.24, 2.45) is 0 Å². The summed E-state index contributed by atoms with van der Waals surface area (Å²) in [5, 5.41) is 12.1. The van der Waals surface area contributed by atoms with Gasteiger partial charge in [0.2, 0.25) is 0 Å². The number of hydrogen-bond donors (Lipinski definition) is 1. The molecule has 0 spiro atoms. The van der Waals surface area contributed by atoms with Crippen molar-refractivity contribution in [1.82, 2.24) is 5.32 Å². The third kappa shape index (κ3) is 2.10. The Morgan fingerprint density at radius 1 is 1.38 bits per heavy atom. The zero-order valence-corrected chi connectivity index (χ0v) is 9.36. The van der Waals surface area contributed by atoms with Crippen molar-refractivity contribution in [3.05, 3.63) is 23.8 Å². The zero-order chi connectivity index (χ0) is 11.4. The van der Waals surface area contributed by atoms with Gasteiger partial charge >= 0.3 is 0 Å². The average Bonchev–Trinajstić information content (AvgIpc) is 2.39. The first-order valence-corrected chi connectivity index (χ1v) is 5.39. The van der Waals surface area contributed by atoms with Gasteiger partial charge in [0.15, 0.2) is 0 Å². The highest BCUT2D eigenvalue weighted by molar-refractivity contribution is 5.61. The Labute approximate surface area is 95.4 Å². The number of nitrogens with zero attached hydrogens (tertiary/aromatic N) is 2. The molecule has 1 heterocycles. The number of nitriles is 1. The fraction of sp³-hybridized carbons (Fsp3) is 0.417. The van der Waals surface area contributed by atoms with Gasteiger partial charge in [0, 0.05) is 32.2 Å². The van der Waals surface area contributed by atoms with E-state index in [1.165, 1.54) is 0 Å². The second-order valence-electron chi connectivity index (χ2n) is 3.74. The van der Waals surface area contributed by atoms with Crippen LogP contribution in [0.1, 0.15) is 5.56 Å². The quantitative estimate of drug-likeness (QED) is 0.802. The van der Waals surface area contributed by atoms with E-state index in [2.05, 4.69) is 16.3 Å². The summed E-state index contributed by atoms with van der Waals surface area (Å²) in [5.41, 5.74) is 1.71. The van der Waals surface area contributed by atoms with Crippen LogP contribution in [0.3, 0.4) is 0 Å². The number of piperazine rings is 1. The van der Waals surface area contributed by atoms with Crippen LogP contribution < -0.4 is 15.0 Å². The number of hydrogen-bond acceptors (Lipinski definition) is 4. The van der Waals surface area contributed by atoms with Gasteiger partial charge in [-0.3, -0.25) is 0 Å². The maximum Gasteiger partial charge on any atom is 0.143 e. The molecule has 4 nitrogen and oxygen atoms in total. The van der Waals surface area contributed by atoms with Gasteiger partial charge in [-0.05, 0) is 12.1 Å². The summed E-state index contributed by atoms with van der Waals surface area (Å²) < 4.78 is 5.33. The smallest absolute Gasteiger partial charge is 0.143 e. The van der Waals surface area contributed by atoms with E-state index in [0.717, 1.165) is 37.6 Å². The van der Waals surface area contributed by atoms with Gasteiger partial charge in [0.1, 0.15) is 5.75 Å². The Morgan fingerprint density at radius 3 is 2.75 bits per heavy atom. The lowest BCUT2D eigenvalue weighted by Crippen LogP contribution is -2.43. The minimum atomic E-state index is 0.635. The molecule has 2 rings (SSSR count). The summed E-state index contributed by atoms with van der Waals surface area (Å²) in [7, 11) is 1.64. The fourth-order valence-corrected chi connectivity index (χ4v) is 1.91. The third-order valence-electron chi connectivity index (χ3n) is 2.77.